The number of fused-ring (bicyclic) bond motifs is 1. The van der Waals surface area contributed by atoms with Crippen LogP contribution < -0.4 is 5.32 Å². The molecule has 1 aromatic heterocycles. The van der Waals surface area contributed by atoms with Crippen LogP contribution in [0.4, 0.5) is 5.00 Å². The minimum Gasteiger partial charge on any atom is -0.462 e. The summed E-state index contributed by atoms with van der Waals surface area (Å²) >= 11 is 1.53. The van der Waals surface area contributed by atoms with Crippen LogP contribution in [-0.2, 0) is 17.6 Å². The van der Waals surface area contributed by atoms with Gasteiger partial charge in [-0.1, -0.05) is 31.0 Å². The minimum absolute atomic E-state index is 0.193. The second-order valence-electron chi connectivity index (χ2n) is 6.77. The molecule has 1 atom stereocenters. The van der Waals surface area contributed by atoms with Crippen LogP contribution in [0.15, 0.2) is 24.3 Å². The summed E-state index contributed by atoms with van der Waals surface area (Å²) < 4.78 is 5.27. The molecule has 2 aromatic rings. The van der Waals surface area contributed by atoms with Crippen molar-refractivity contribution in [3.8, 4) is 0 Å². The number of benzene rings is 1. The van der Waals surface area contributed by atoms with E-state index < -0.39 is 0 Å². The summed E-state index contributed by atoms with van der Waals surface area (Å²) in [6.45, 7) is 6.31. The van der Waals surface area contributed by atoms with Gasteiger partial charge in [-0.05, 0) is 56.7 Å². The zero-order valence-electron chi connectivity index (χ0n) is 15.6. The molecule has 1 amide bonds. The molecule has 26 heavy (non-hydrogen) atoms. The second kappa shape index (κ2) is 8.04. The van der Waals surface area contributed by atoms with E-state index >= 15 is 0 Å². The number of esters is 1. The lowest BCUT2D eigenvalue weighted by Crippen LogP contribution is -2.17. The van der Waals surface area contributed by atoms with E-state index in [4.69, 9.17) is 4.74 Å². The van der Waals surface area contributed by atoms with Gasteiger partial charge < -0.3 is 10.1 Å². The fourth-order valence-electron chi connectivity index (χ4n) is 3.39. The number of amides is 1. The Morgan fingerprint density at radius 3 is 2.62 bits per heavy atom. The summed E-state index contributed by atoms with van der Waals surface area (Å²) in [7, 11) is 0. The zero-order chi connectivity index (χ0) is 18.7. The van der Waals surface area contributed by atoms with Crippen molar-refractivity contribution in [2.24, 2.45) is 5.92 Å². The van der Waals surface area contributed by atoms with Gasteiger partial charge in [0.05, 0.1) is 12.2 Å². The summed E-state index contributed by atoms with van der Waals surface area (Å²) in [6.07, 6.45) is 4.07. The SMILES string of the molecule is CCOC(=O)c1c(NC(=O)c2ccc(C)cc2)sc2c1CC[C@H](CC)C2. The zero-order valence-corrected chi connectivity index (χ0v) is 16.4. The predicted octanol–water partition coefficient (Wildman–Crippen LogP) is 5.00. The van der Waals surface area contributed by atoms with Crippen molar-refractivity contribution in [3.63, 3.8) is 0 Å². The van der Waals surface area contributed by atoms with Crippen LogP contribution in [0.5, 0.6) is 0 Å². The van der Waals surface area contributed by atoms with Crippen LogP contribution in [0.1, 0.15) is 63.4 Å². The summed E-state index contributed by atoms with van der Waals surface area (Å²) in [6, 6.07) is 7.42. The third-order valence-corrected chi connectivity index (χ3v) is 6.13. The highest BCUT2D eigenvalue weighted by Crippen LogP contribution is 2.41. The molecule has 1 aliphatic carbocycles. The molecule has 0 radical (unpaired) electrons. The molecule has 0 saturated heterocycles. The smallest absolute Gasteiger partial charge is 0.341 e. The van der Waals surface area contributed by atoms with E-state index in [1.54, 1.807) is 19.1 Å². The van der Waals surface area contributed by atoms with Crippen molar-refractivity contribution < 1.29 is 14.3 Å². The summed E-state index contributed by atoms with van der Waals surface area (Å²) in [4.78, 5) is 26.4. The van der Waals surface area contributed by atoms with Crippen LogP contribution in [0.3, 0.4) is 0 Å². The van der Waals surface area contributed by atoms with E-state index in [1.165, 1.54) is 16.2 Å². The molecule has 1 N–H and O–H groups in total. The molecule has 1 heterocycles. The lowest BCUT2D eigenvalue weighted by Gasteiger charge is -2.20. The molecular formula is C21H25NO3S. The van der Waals surface area contributed by atoms with Gasteiger partial charge in [-0.2, -0.15) is 0 Å². The molecule has 0 unspecified atom stereocenters. The standard InChI is InChI=1S/C21H25NO3S/c1-4-14-8-11-16-17(12-14)26-20(18(16)21(24)25-5-2)22-19(23)15-9-6-13(3)7-10-15/h6-7,9-10,14H,4-5,8,11-12H2,1-3H3,(H,22,23)/t14-/m0/s1. The minimum atomic E-state index is -0.334. The first-order valence-corrected chi connectivity index (χ1v) is 10.0. The van der Waals surface area contributed by atoms with Crippen LogP contribution in [-0.4, -0.2) is 18.5 Å². The molecule has 138 valence electrons. The topological polar surface area (TPSA) is 55.4 Å². The maximum absolute atomic E-state index is 12.6. The van der Waals surface area contributed by atoms with Gasteiger partial charge in [0.15, 0.2) is 0 Å². The van der Waals surface area contributed by atoms with Crippen molar-refractivity contribution in [1.29, 1.82) is 0 Å². The number of carbonyl (C=O) groups is 2. The van der Waals surface area contributed by atoms with Crippen molar-refractivity contribution in [2.75, 3.05) is 11.9 Å². The number of hydrogen-bond acceptors (Lipinski definition) is 4. The summed E-state index contributed by atoms with van der Waals surface area (Å²) in [5.41, 5.74) is 3.31. The number of hydrogen-bond donors (Lipinski definition) is 1. The molecule has 1 aromatic carbocycles. The van der Waals surface area contributed by atoms with E-state index in [0.717, 1.165) is 36.8 Å². The number of nitrogens with one attached hydrogen (secondary N) is 1. The molecule has 3 rings (SSSR count). The Labute approximate surface area is 158 Å². The third-order valence-electron chi connectivity index (χ3n) is 4.97. The Balaban J connectivity index is 1.92. The Morgan fingerprint density at radius 2 is 1.96 bits per heavy atom. The molecule has 0 saturated carbocycles. The average molecular weight is 372 g/mol. The normalized spacial score (nSPS) is 16.0. The average Bonchev–Trinajstić information content (AvgIpc) is 2.99. The van der Waals surface area contributed by atoms with Crippen LogP contribution >= 0.6 is 11.3 Å². The van der Waals surface area contributed by atoms with E-state index in [0.29, 0.717) is 28.7 Å². The molecule has 5 heteroatoms. The largest absolute Gasteiger partial charge is 0.462 e. The highest BCUT2D eigenvalue weighted by atomic mass is 32.1. The second-order valence-corrected chi connectivity index (χ2v) is 7.87. The monoisotopic (exact) mass is 371 g/mol. The van der Waals surface area contributed by atoms with Crippen molar-refractivity contribution in [3.05, 3.63) is 51.4 Å². The van der Waals surface area contributed by atoms with Crippen LogP contribution in [0.25, 0.3) is 0 Å². The van der Waals surface area contributed by atoms with E-state index in [1.807, 2.05) is 19.1 Å². The lowest BCUT2D eigenvalue weighted by atomic mass is 9.85. The molecular weight excluding hydrogens is 346 g/mol. The Hall–Kier alpha value is -2.14. The number of aryl methyl sites for hydroxylation is 1. The van der Waals surface area contributed by atoms with E-state index in [-0.39, 0.29) is 11.9 Å². The van der Waals surface area contributed by atoms with Gasteiger partial charge in [-0.15, -0.1) is 11.3 Å². The summed E-state index contributed by atoms with van der Waals surface area (Å²) in [5.74, 6) is 0.122. The van der Waals surface area contributed by atoms with Crippen molar-refractivity contribution in [1.82, 2.24) is 0 Å². The number of carbonyl (C=O) groups excluding carboxylic acids is 2. The highest BCUT2D eigenvalue weighted by molar-refractivity contribution is 7.17. The van der Waals surface area contributed by atoms with Crippen LogP contribution in [0.2, 0.25) is 0 Å². The fraction of sp³-hybridized carbons (Fsp3) is 0.429. The number of thiophene rings is 1. The Kier molecular flexibility index (Phi) is 5.77. The van der Waals surface area contributed by atoms with Gasteiger partial charge >= 0.3 is 5.97 Å². The van der Waals surface area contributed by atoms with Crippen LogP contribution in [0, 0.1) is 12.8 Å². The van der Waals surface area contributed by atoms with E-state index in [2.05, 4.69) is 12.2 Å². The number of ether oxygens (including phenoxy) is 1. The summed E-state index contributed by atoms with van der Waals surface area (Å²) in [5, 5.41) is 3.58. The number of anilines is 1. The first kappa shape index (κ1) is 18.6. The quantitative estimate of drug-likeness (QED) is 0.753. The van der Waals surface area contributed by atoms with Gasteiger partial charge in [0.2, 0.25) is 0 Å². The van der Waals surface area contributed by atoms with Gasteiger partial charge in [0.1, 0.15) is 5.00 Å². The maximum atomic E-state index is 12.6. The highest BCUT2D eigenvalue weighted by Gasteiger charge is 2.29. The van der Waals surface area contributed by atoms with Gasteiger partial charge in [0.25, 0.3) is 5.91 Å². The predicted molar refractivity (Wildman–Crippen MR) is 105 cm³/mol. The third kappa shape index (κ3) is 3.83. The molecule has 0 bridgehead atoms. The molecule has 1 aliphatic rings. The van der Waals surface area contributed by atoms with Gasteiger partial charge in [-0.25, -0.2) is 4.79 Å². The molecule has 0 spiro atoms. The van der Waals surface area contributed by atoms with E-state index in [9.17, 15) is 9.59 Å². The first-order chi connectivity index (χ1) is 12.5. The molecule has 0 aliphatic heterocycles. The molecule has 0 fully saturated rings. The lowest BCUT2D eigenvalue weighted by molar-refractivity contribution is 0.0526. The van der Waals surface area contributed by atoms with Crippen molar-refractivity contribution in [2.45, 2.75) is 46.5 Å². The Morgan fingerprint density at radius 1 is 1.23 bits per heavy atom. The maximum Gasteiger partial charge on any atom is 0.341 e. The number of rotatable bonds is 5. The molecule has 4 nitrogen and oxygen atoms in total. The fourth-order valence-corrected chi connectivity index (χ4v) is 4.74. The van der Waals surface area contributed by atoms with Gasteiger partial charge in [0, 0.05) is 10.4 Å². The van der Waals surface area contributed by atoms with Gasteiger partial charge in [-0.3, -0.25) is 4.79 Å². The Bertz CT molecular complexity index is 807. The first-order valence-electron chi connectivity index (χ1n) is 9.23. The van der Waals surface area contributed by atoms with Crippen molar-refractivity contribution >= 4 is 28.2 Å².